The minimum absolute atomic E-state index is 0.0372. The van der Waals surface area contributed by atoms with Gasteiger partial charge in [0.15, 0.2) is 0 Å². The Bertz CT molecular complexity index is 479. The molecule has 1 aliphatic rings. The number of rotatable bonds is 3. The van der Waals surface area contributed by atoms with Gasteiger partial charge in [0.2, 0.25) is 0 Å². The van der Waals surface area contributed by atoms with Gasteiger partial charge in [-0.25, -0.2) is 0 Å². The van der Waals surface area contributed by atoms with Crippen LogP contribution in [0.3, 0.4) is 0 Å². The summed E-state index contributed by atoms with van der Waals surface area (Å²) in [4.78, 5) is 12.3. The van der Waals surface area contributed by atoms with E-state index < -0.39 is 0 Å². The molecule has 2 N–H and O–H groups in total. The Kier molecular flexibility index (Phi) is 4.72. The highest BCUT2D eigenvalue weighted by atomic mass is 16.1. The highest BCUT2D eigenvalue weighted by Gasteiger charge is 2.27. The Balaban J connectivity index is 1.94. The number of piperidine rings is 1. The van der Waals surface area contributed by atoms with Crippen molar-refractivity contribution in [3.05, 3.63) is 35.4 Å². The number of amides is 1. The van der Waals surface area contributed by atoms with Crippen molar-refractivity contribution in [2.75, 3.05) is 19.6 Å². The third kappa shape index (κ3) is 4.31. The van der Waals surface area contributed by atoms with E-state index >= 15 is 0 Å². The van der Waals surface area contributed by atoms with Crippen LogP contribution in [0.5, 0.6) is 0 Å². The summed E-state index contributed by atoms with van der Waals surface area (Å²) < 4.78 is 0. The predicted molar refractivity (Wildman–Crippen MR) is 87.7 cm³/mol. The first-order valence-electron chi connectivity index (χ1n) is 7.90. The Hall–Kier alpha value is -1.35. The summed E-state index contributed by atoms with van der Waals surface area (Å²) in [6, 6.07) is 7.98. The molecule has 1 aromatic carbocycles. The van der Waals surface area contributed by atoms with Crippen molar-refractivity contribution >= 4 is 5.91 Å². The molecule has 0 aromatic heterocycles. The Morgan fingerprint density at radius 3 is 2.29 bits per heavy atom. The van der Waals surface area contributed by atoms with Gasteiger partial charge in [0.25, 0.3) is 5.91 Å². The molecule has 0 aliphatic carbocycles. The van der Waals surface area contributed by atoms with E-state index in [2.05, 4.69) is 50.5 Å². The first-order valence-corrected chi connectivity index (χ1v) is 7.90. The number of benzene rings is 1. The van der Waals surface area contributed by atoms with Gasteiger partial charge in [-0.2, -0.15) is 0 Å². The SMILES string of the molecule is CC1(CNC(=O)c2ccc(C(C)(C)C)cc2)CCNCC1. The van der Waals surface area contributed by atoms with E-state index in [4.69, 9.17) is 0 Å². The standard InChI is InChI=1S/C18H28N2O/c1-17(2,3)15-7-5-14(6-8-15)16(21)20-13-18(4)9-11-19-12-10-18/h5-8,19H,9-13H2,1-4H3,(H,20,21). The molecular weight excluding hydrogens is 260 g/mol. The van der Waals surface area contributed by atoms with E-state index in [-0.39, 0.29) is 16.7 Å². The number of nitrogens with one attached hydrogen (secondary N) is 2. The summed E-state index contributed by atoms with van der Waals surface area (Å²) >= 11 is 0. The van der Waals surface area contributed by atoms with Crippen molar-refractivity contribution < 1.29 is 4.79 Å². The number of carbonyl (C=O) groups excluding carboxylic acids is 1. The van der Waals surface area contributed by atoms with Gasteiger partial charge in [-0.3, -0.25) is 4.79 Å². The monoisotopic (exact) mass is 288 g/mol. The molecule has 21 heavy (non-hydrogen) atoms. The molecule has 0 radical (unpaired) electrons. The van der Waals surface area contributed by atoms with Crippen LogP contribution < -0.4 is 10.6 Å². The minimum Gasteiger partial charge on any atom is -0.351 e. The quantitative estimate of drug-likeness (QED) is 0.897. The molecule has 0 atom stereocenters. The first-order chi connectivity index (χ1) is 9.80. The van der Waals surface area contributed by atoms with Crippen molar-refractivity contribution in [2.24, 2.45) is 5.41 Å². The van der Waals surface area contributed by atoms with Crippen LogP contribution in [0, 0.1) is 5.41 Å². The van der Waals surface area contributed by atoms with Crippen LogP contribution in [0.1, 0.15) is 56.5 Å². The van der Waals surface area contributed by atoms with Crippen molar-refractivity contribution in [3.8, 4) is 0 Å². The average Bonchev–Trinajstić information content (AvgIpc) is 2.45. The summed E-state index contributed by atoms with van der Waals surface area (Å²) in [5, 5.41) is 6.47. The van der Waals surface area contributed by atoms with E-state index in [0.717, 1.165) is 38.0 Å². The van der Waals surface area contributed by atoms with Gasteiger partial charge < -0.3 is 10.6 Å². The predicted octanol–water partition coefficient (Wildman–Crippen LogP) is 3.10. The van der Waals surface area contributed by atoms with Crippen LogP contribution in [0.15, 0.2) is 24.3 Å². The molecule has 0 saturated carbocycles. The normalized spacial score (nSPS) is 18.3. The molecule has 1 amide bonds. The molecule has 2 rings (SSSR count). The maximum atomic E-state index is 12.3. The molecule has 1 aromatic rings. The largest absolute Gasteiger partial charge is 0.351 e. The van der Waals surface area contributed by atoms with Gasteiger partial charge >= 0.3 is 0 Å². The lowest BCUT2D eigenvalue weighted by molar-refractivity contribution is 0.0922. The van der Waals surface area contributed by atoms with Gasteiger partial charge in [-0.05, 0) is 54.5 Å². The van der Waals surface area contributed by atoms with Crippen molar-refractivity contribution in [1.29, 1.82) is 0 Å². The topological polar surface area (TPSA) is 41.1 Å². The van der Waals surface area contributed by atoms with Gasteiger partial charge in [0.05, 0.1) is 0 Å². The Morgan fingerprint density at radius 1 is 1.19 bits per heavy atom. The Labute approximate surface area is 128 Å². The molecule has 0 spiro atoms. The average molecular weight is 288 g/mol. The van der Waals surface area contributed by atoms with E-state index in [9.17, 15) is 4.79 Å². The van der Waals surface area contributed by atoms with Crippen molar-refractivity contribution in [1.82, 2.24) is 10.6 Å². The van der Waals surface area contributed by atoms with Crippen LogP contribution in [-0.4, -0.2) is 25.5 Å². The number of carbonyl (C=O) groups is 1. The first kappa shape index (κ1) is 16.0. The summed E-state index contributed by atoms with van der Waals surface area (Å²) in [5.74, 6) is 0.0372. The third-order valence-electron chi connectivity index (χ3n) is 4.50. The maximum Gasteiger partial charge on any atom is 0.251 e. The lowest BCUT2D eigenvalue weighted by Gasteiger charge is -2.34. The fraction of sp³-hybridized carbons (Fsp3) is 0.611. The van der Waals surface area contributed by atoms with Crippen molar-refractivity contribution in [2.45, 2.75) is 46.0 Å². The highest BCUT2D eigenvalue weighted by Crippen LogP contribution is 2.27. The molecule has 1 heterocycles. The second-order valence-electron chi connectivity index (χ2n) is 7.57. The van der Waals surface area contributed by atoms with Crippen molar-refractivity contribution in [3.63, 3.8) is 0 Å². The van der Waals surface area contributed by atoms with Gasteiger partial charge in [0.1, 0.15) is 0 Å². The third-order valence-corrected chi connectivity index (χ3v) is 4.50. The zero-order valence-electron chi connectivity index (χ0n) is 13.8. The Morgan fingerprint density at radius 2 is 1.76 bits per heavy atom. The van der Waals surface area contributed by atoms with E-state index in [1.54, 1.807) is 0 Å². The van der Waals surface area contributed by atoms with Gasteiger partial charge in [-0.1, -0.05) is 39.8 Å². The smallest absolute Gasteiger partial charge is 0.251 e. The molecule has 1 saturated heterocycles. The van der Waals surface area contributed by atoms with Gasteiger partial charge in [-0.15, -0.1) is 0 Å². The van der Waals surface area contributed by atoms with Crippen LogP contribution >= 0.6 is 0 Å². The summed E-state index contributed by atoms with van der Waals surface area (Å²) in [6.07, 6.45) is 2.24. The molecule has 0 unspecified atom stereocenters. The molecule has 0 bridgehead atoms. The van der Waals surface area contributed by atoms with E-state index in [0.29, 0.717) is 0 Å². The molecule has 116 valence electrons. The van der Waals surface area contributed by atoms with Crippen LogP contribution in [0.2, 0.25) is 0 Å². The summed E-state index contributed by atoms with van der Waals surface area (Å²) in [5.41, 5.74) is 2.36. The van der Waals surface area contributed by atoms with Crippen LogP contribution in [-0.2, 0) is 5.41 Å². The lowest BCUT2D eigenvalue weighted by Crippen LogP contribution is -2.42. The van der Waals surface area contributed by atoms with E-state index in [1.807, 2.05) is 12.1 Å². The second kappa shape index (κ2) is 6.18. The molecule has 1 aliphatic heterocycles. The molecule has 3 heteroatoms. The molecule has 3 nitrogen and oxygen atoms in total. The van der Waals surface area contributed by atoms with E-state index in [1.165, 1.54) is 5.56 Å². The lowest BCUT2D eigenvalue weighted by atomic mass is 9.81. The number of hydrogen-bond donors (Lipinski definition) is 2. The molecule has 1 fully saturated rings. The minimum atomic E-state index is 0.0372. The van der Waals surface area contributed by atoms with Gasteiger partial charge in [0, 0.05) is 12.1 Å². The van der Waals surface area contributed by atoms with Crippen LogP contribution in [0.4, 0.5) is 0 Å². The molecular formula is C18H28N2O. The fourth-order valence-corrected chi connectivity index (χ4v) is 2.72. The zero-order valence-corrected chi connectivity index (χ0v) is 13.8. The maximum absolute atomic E-state index is 12.3. The fourth-order valence-electron chi connectivity index (χ4n) is 2.72. The summed E-state index contributed by atoms with van der Waals surface area (Å²) in [7, 11) is 0. The van der Waals surface area contributed by atoms with Crippen LogP contribution in [0.25, 0.3) is 0 Å². The number of hydrogen-bond acceptors (Lipinski definition) is 2. The second-order valence-corrected chi connectivity index (χ2v) is 7.57. The zero-order chi connectivity index (χ0) is 15.5. The highest BCUT2D eigenvalue weighted by molar-refractivity contribution is 5.94. The summed E-state index contributed by atoms with van der Waals surface area (Å²) in [6.45, 7) is 11.7.